The number of alkyl halides is 1. The molecule has 0 nitrogen and oxygen atoms in total. The van der Waals surface area contributed by atoms with Gasteiger partial charge in [-0.3, -0.25) is 0 Å². The van der Waals surface area contributed by atoms with Crippen LogP contribution < -0.4 is 0 Å². The van der Waals surface area contributed by atoms with Crippen LogP contribution in [-0.2, 0) is 17.1 Å². The van der Waals surface area contributed by atoms with Crippen LogP contribution in [-0.4, -0.2) is 4.83 Å². The molecule has 1 aromatic carbocycles. The van der Waals surface area contributed by atoms with E-state index in [1.54, 1.807) is 0 Å². The van der Waals surface area contributed by atoms with Crippen LogP contribution in [0.4, 0.5) is 0 Å². The molecule has 0 bridgehead atoms. The third kappa shape index (κ3) is 6.39. The zero-order chi connectivity index (χ0) is 8.81. The topological polar surface area (TPSA) is 0 Å². The molecule has 0 N–H and O–H groups in total. The molecule has 1 aliphatic rings. The molecule has 0 aromatic heterocycles. The summed E-state index contributed by atoms with van der Waals surface area (Å²) < 4.78 is 1.16. The third-order valence-electron chi connectivity index (χ3n) is 1.32. The Balaban J connectivity index is 0.000000206. The summed E-state index contributed by atoms with van der Waals surface area (Å²) in [5.41, 5.74) is 0. The first kappa shape index (κ1) is 13.3. The molecule has 0 aliphatic heterocycles. The minimum atomic E-state index is 0. The van der Waals surface area contributed by atoms with Crippen LogP contribution in [0.15, 0.2) is 53.0 Å². The minimum Gasteiger partial charge on any atom is -0.213 e. The summed E-state index contributed by atoms with van der Waals surface area (Å²) in [4.78, 5) is 0.498. The van der Waals surface area contributed by atoms with Crippen molar-refractivity contribution in [1.82, 2.24) is 0 Å². The van der Waals surface area contributed by atoms with Gasteiger partial charge in [-0.1, -0.05) is 56.2 Å². The summed E-state index contributed by atoms with van der Waals surface area (Å²) in [6.07, 6.45) is 8.22. The smallest absolute Gasteiger partial charge is 0.213 e. The van der Waals surface area contributed by atoms with Gasteiger partial charge in [0, 0.05) is 0 Å². The molecule has 70 valence electrons. The van der Waals surface area contributed by atoms with Gasteiger partial charge in [0.05, 0.1) is 4.83 Å². The monoisotopic (exact) mass is 343 g/mol. The Morgan fingerprint density at radius 3 is 2.00 bits per heavy atom. The van der Waals surface area contributed by atoms with Gasteiger partial charge in [-0.15, -0.1) is 4.47 Å². The van der Waals surface area contributed by atoms with E-state index < -0.39 is 0 Å². The Bertz CT molecular complexity index is 250. The number of allylic oxidation sites excluding steroid dienone is 4. The number of rotatable bonds is 0. The van der Waals surface area contributed by atoms with Crippen LogP contribution in [0.3, 0.4) is 0 Å². The van der Waals surface area contributed by atoms with E-state index in [1.807, 2.05) is 36.4 Å². The molecule has 0 heterocycles. The van der Waals surface area contributed by atoms with Gasteiger partial charge in [0.2, 0.25) is 0 Å². The van der Waals surface area contributed by atoms with Gasteiger partial charge in [-0.2, -0.15) is 18.2 Å². The summed E-state index contributed by atoms with van der Waals surface area (Å²) >= 11 is 6.65. The maximum atomic E-state index is 3.36. The number of halogens is 2. The number of hydrogen-bond acceptors (Lipinski definition) is 0. The minimum absolute atomic E-state index is 0. The fourth-order valence-corrected chi connectivity index (χ4v) is 1.41. The summed E-state index contributed by atoms with van der Waals surface area (Å²) in [5.74, 6) is 0. The van der Waals surface area contributed by atoms with Crippen LogP contribution in [0.5, 0.6) is 0 Å². The molecule has 0 saturated carbocycles. The van der Waals surface area contributed by atoms with Gasteiger partial charge >= 0.3 is 17.1 Å². The standard InChI is InChI=1S/C5H5Br.C5H4Br.Fe/c2*6-5-3-1-2-4-5;/h1-5H;1-4H;/q;-1;+2. The molecule has 0 saturated heterocycles. The molecular weight excluding hydrogens is 336 g/mol. The SMILES string of the molecule is BrC1C=CC=C1.Brc1ccc[cH-]1.[Fe+2]. The van der Waals surface area contributed by atoms with Crippen LogP contribution in [0.25, 0.3) is 0 Å². The van der Waals surface area contributed by atoms with Crippen molar-refractivity contribution >= 4 is 31.9 Å². The van der Waals surface area contributed by atoms with Gasteiger partial charge in [0.15, 0.2) is 0 Å². The molecule has 0 amide bonds. The Kier molecular flexibility index (Phi) is 7.87. The molecule has 0 unspecified atom stereocenters. The first-order chi connectivity index (χ1) is 5.79. The second-order valence-corrected chi connectivity index (χ2v) is 4.29. The van der Waals surface area contributed by atoms with Gasteiger partial charge in [0.1, 0.15) is 0 Å². The van der Waals surface area contributed by atoms with E-state index in [1.165, 1.54) is 0 Å². The molecule has 1 aliphatic carbocycles. The van der Waals surface area contributed by atoms with Crippen molar-refractivity contribution in [2.24, 2.45) is 0 Å². The summed E-state index contributed by atoms with van der Waals surface area (Å²) in [7, 11) is 0. The van der Waals surface area contributed by atoms with Gasteiger partial charge in [0.25, 0.3) is 0 Å². The molecule has 0 atom stereocenters. The quantitative estimate of drug-likeness (QED) is 0.378. The summed E-state index contributed by atoms with van der Waals surface area (Å²) in [5, 5.41) is 0. The summed E-state index contributed by atoms with van der Waals surface area (Å²) in [6, 6.07) is 7.98. The molecular formula is C10H9Br2Fe+. The first-order valence-electron chi connectivity index (χ1n) is 3.65. The van der Waals surface area contributed by atoms with E-state index in [9.17, 15) is 0 Å². The second kappa shape index (κ2) is 7.69. The van der Waals surface area contributed by atoms with Gasteiger partial charge < -0.3 is 0 Å². The Morgan fingerprint density at radius 2 is 1.85 bits per heavy atom. The van der Waals surface area contributed by atoms with Crippen LogP contribution in [0.1, 0.15) is 0 Å². The molecule has 3 heteroatoms. The second-order valence-electron chi connectivity index (χ2n) is 2.32. The maximum Gasteiger partial charge on any atom is 2.00 e. The maximum absolute atomic E-state index is 3.36. The van der Waals surface area contributed by atoms with Crippen molar-refractivity contribution < 1.29 is 17.1 Å². The average molecular weight is 345 g/mol. The zero-order valence-electron chi connectivity index (χ0n) is 6.81. The van der Waals surface area contributed by atoms with E-state index in [4.69, 9.17) is 0 Å². The van der Waals surface area contributed by atoms with Crippen molar-refractivity contribution in [3.63, 3.8) is 0 Å². The fraction of sp³-hybridized carbons (Fsp3) is 0.100. The molecule has 13 heavy (non-hydrogen) atoms. The van der Waals surface area contributed by atoms with E-state index in [2.05, 4.69) is 44.0 Å². The van der Waals surface area contributed by atoms with Crippen molar-refractivity contribution in [3.8, 4) is 0 Å². The van der Waals surface area contributed by atoms with Gasteiger partial charge in [-0.05, 0) is 0 Å². The van der Waals surface area contributed by atoms with Crippen LogP contribution in [0.2, 0.25) is 0 Å². The Morgan fingerprint density at radius 1 is 1.23 bits per heavy atom. The van der Waals surface area contributed by atoms with Crippen molar-refractivity contribution in [2.75, 3.05) is 0 Å². The van der Waals surface area contributed by atoms with Crippen LogP contribution in [0, 0.1) is 0 Å². The van der Waals surface area contributed by atoms with Crippen LogP contribution >= 0.6 is 31.9 Å². The number of hydrogen-bond donors (Lipinski definition) is 0. The fourth-order valence-electron chi connectivity index (χ4n) is 0.755. The predicted octanol–water partition coefficient (Wildman–Crippen LogP) is 4.04. The molecule has 0 spiro atoms. The van der Waals surface area contributed by atoms with E-state index in [0.717, 1.165) is 4.47 Å². The van der Waals surface area contributed by atoms with Crippen molar-refractivity contribution in [3.05, 3.63) is 53.0 Å². The molecule has 0 radical (unpaired) electrons. The van der Waals surface area contributed by atoms with Crippen molar-refractivity contribution in [1.29, 1.82) is 0 Å². The molecule has 2 rings (SSSR count). The van der Waals surface area contributed by atoms with Gasteiger partial charge in [-0.25, -0.2) is 6.07 Å². The normalized spacial score (nSPS) is 13.4. The molecule has 1 aromatic rings. The first-order valence-corrected chi connectivity index (χ1v) is 5.36. The Labute approximate surface area is 106 Å². The van der Waals surface area contributed by atoms with E-state index in [0.29, 0.717) is 4.83 Å². The molecule has 0 fully saturated rings. The van der Waals surface area contributed by atoms with E-state index in [-0.39, 0.29) is 17.1 Å². The Hall–Kier alpha value is 0.309. The average Bonchev–Trinajstić information content (AvgIpc) is 2.63. The zero-order valence-corrected chi connectivity index (χ0v) is 11.1. The largest absolute Gasteiger partial charge is 2.00 e. The third-order valence-corrected chi connectivity index (χ3v) is 2.46. The van der Waals surface area contributed by atoms with E-state index >= 15 is 0 Å². The predicted molar refractivity (Wildman–Crippen MR) is 60.7 cm³/mol. The summed E-state index contributed by atoms with van der Waals surface area (Å²) in [6.45, 7) is 0. The van der Waals surface area contributed by atoms with Crippen molar-refractivity contribution in [2.45, 2.75) is 4.83 Å².